The molecule has 0 atom stereocenters. The molecule has 150 valence electrons. The Morgan fingerprint density at radius 2 is 1.72 bits per heavy atom. The Labute approximate surface area is 173 Å². The lowest BCUT2D eigenvalue weighted by atomic mass is 10.2. The first-order valence-corrected chi connectivity index (χ1v) is 10.5. The number of hydrogen-bond acceptors (Lipinski definition) is 3. The van der Waals surface area contributed by atoms with Crippen molar-refractivity contribution in [2.45, 2.75) is 18.4 Å². The molecule has 0 radical (unpaired) electrons. The molecule has 8 heteroatoms. The summed E-state index contributed by atoms with van der Waals surface area (Å²) in [6.45, 7) is 1.95. The van der Waals surface area contributed by atoms with E-state index in [1.165, 1.54) is 30.3 Å². The van der Waals surface area contributed by atoms with E-state index < -0.39 is 15.9 Å². The van der Waals surface area contributed by atoms with Crippen molar-refractivity contribution in [2.24, 2.45) is 0 Å². The summed E-state index contributed by atoms with van der Waals surface area (Å²) in [5, 5.41) is 2.67. The lowest BCUT2D eigenvalue weighted by molar-refractivity contribution is 0.0950. The van der Waals surface area contributed by atoms with Crippen LogP contribution in [0.4, 0.5) is 10.1 Å². The zero-order valence-corrected chi connectivity index (χ0v) is 17.0. The number of halogens is 2. The molecule has 2 N–H and O–H groups in total. The highest BCUT2D eigenvalue weighted by molar-refractivity contribution is 7.92. The molecule has 1 amide bonds. The molecule has 0 aliphatic carbocycles. The van der Waals surface area contributed by atoms with Gasteiger partial charge in [-0.05, 0) is 54.4 Å². The normalized spacial score (nSPS) is 11.1. The summed E-state index contributed by atoms with van der Waals surface area (Å²) in [5.74, 6) is -0.841. The SMILES string of the molecule is Cc1ccccc1NS(=O)(=O)c1cc(C(=O)NCc2ccc(F)cc2)ccc1Cl. The number of hydrogen-bond donors (Lipinski definition) is 2. The summed E-state index contributed by atoms with van der Waals surface area (Å²) in [4.78, 5) is 12.2. The van der Waals surface area contributed by atoms with Crippen LogP contribution >= 0.6 is 11.6 Å². The van der Waals surface area contributed by atoms with E-state index in [0.29, 0.717) is 11.3 Å². The van der Waals surface area contributed by atoms with Gasteiger partial charge in [-0.25, -0.2) is 12.8 Å². The van der Waals surface area contributed by atoms with Gasteiger partial charge in [0.1, 0.15) is 10.7 Å². The molecule has 0 heterocycles. The number of benzene rings is 3. The molecule has 5 nitrogen and oxygen atoms in total. The van der Waals surface area contributed by atoms with Crippen molar-refractivity contribution in [3.8, 4) is 0 Å². The zero-order valence-electron chi connectivity index (χ0n) is 15.4. The minimum Gasteiger partial charge on any atom is -0.348 e. The molecule has 0 aliphatic heterocycles. The van der Waals surface area contributed by atoms with Gasteiger partial charge < -0.3 is 5.32 Å². The van der Waals surface area contributed by atoms with Crippen LogP contribution < -0.4 is 10.0 Å². The molecule has 3 aromatic carbocycles. The van der Waals surface area contributed by atoms with Gasteiger partial charge in [0.25, 0.3) is 15.9 Å². The van der Waals surface area contributed by atoms with Crippen LogP contribution in [0, 0.1) is 12.7 Å². The Bertz CT molecular complexity index is 1150. The van der Waals surface area contributed by atoms with Gasteiger partial charge in [-0.3, -0.25) is 9.52 Å². The van der Waals surface area contributed by atoms with E-state index in [-0.39, 0.29) is 27.8 Å². The third kappa shape index (κ3) is 5.13. The minimum absolute atomic E-state index is 0.00108. The largest absolute Gasteiger partial charge is 0.348 e. The molecule has 0 unspecified atom stereocenters. The van der Waals surface area contributed by atoms with E-state index >= 15 is 0 Å². The molecule has 0 saturated heterocycles. The van der Waals surface area contributed by atoms with Gasteiger partial charge in [-0.1, -0.05) is 41.9 Å². The van der Waals surface area contributed by atoms with Crippen LogP contribution in [0.2, 0.25) is 5.02 Å². The standard InChI is InChI=1S/C21H18ClFN2O3S/c1-14-4-2-3-5-19(14)25-29(27,28)20-12-16(8-11-18(20)22)21(26)24-13-15-6-9-17(23)10-7-15/h2-12,25H,13H2,1H3,(H,24,26). The molecule has 0 saturated carbocycles. The topological polar surface area (TPSA) is 75.3 Å². The van der Waals surface area contributed by atoms with Crippen LogP contribution in [0.1, 0.15) is 21.5 Å². The molecule has 0 bridgehead atoms. The first-order chi connectivity index (χ1) is 13.8. The Hall–Kier alpha value is -2.90. The maximum Gasteiger partial charge on any atom is 0.263 e. The van der Waals surface area contributed by atoms with Crippen molar-refractivity contribution < 1.29 is 17.6 Å². The van der Waals surface area contributed by atoms with Crippen molar-refractivity contribution in [3.63, 3.8) is 0 Å². The molecule has 3 aromatic rings. The second-order valence-corrected chi connectivity index (χ2v) is 8.43. The molecule has 0 aliphatic rings. The van der Waals surface area contributed by atoms with Crippen LogP contribution in [0.5, 0.6) is 0 Å². The summed E-state index contributed by atoms with van der Waals surface area (Å²) in [5.41, 5.74) is 2.03. The van der Waals surface area contributed by atoms with Crippen LogP contribution in [0.25, 0.3) is 0 Å². The molecular formula is C21H18ClFN2O3S. The zero-order chi connectivity index (χ0) is 21.0. The quantitative estimate of drug-likeness (QED) is 0.601. The number of para-hydroxylation sites is 1. The second kappa shape index (κ2) is 8.63. The number of nitrogens with one attached hydrogen (secondary N) is 2. The predicted octanol–water partition coefficient (Wildman–Crippen LogP) is 4.52. The van der Waals surface area contributed by atoms with Crippen molar-refractivity contribution in [2.75, 3.05) is 4.72 Å². The van der Waals surface area contributed by atoms with E-state index in [9.17, 15) is 17.6 Å². The van der Waals surface area contributed by atoms with Crippen LogP contribution in [-0.4, -0.2) is 14.3 Å². The summed E-state index contributed by atoms with van der Waals surface area (Å²) in [6.07, 6.45) is 0. The lowest BCUT2D eigenvalue weighted by Gasteiger charge is -2.13. The van der Waals surface area contributed by atoms with E-state index in [1.807, 2.05) is 0 Å². The Morgan fingerprint density at radius 1 is 1.03 bits per heavy atom. The molecule has 0 spiro atoms. The summed E-state index contributed by atoms with van der Waals surface area (Å²) in [6, 6.07) is 16.7. The highest BCUT2D eigenvalue weighted by Crippen LogP contribution is 2.26. The van der Waals surface area contributed by atoms with Crippen LogP contribution in [0.3, 0.4) is 0 Å². The lowest BCUT2D eigenvalue weighted by Crippen LogP contribution is -2.23. The Kier molecular flexibility index (Phi) is 6.20. The number of carbonyl (C=O) groups is 1. The van der Waals surface area contributed by atoms with E-state index in [4.69, 9.17) is 11.6 Å². The van der Waals surface area contributed by atoms with Crippen molar-refractivity contribution >= 4 is 33.2 Å². The van der Waals surface area contributed by atoms with Crippen molar-refractivity contribution in [3.05, 3.63) is 94.3 Å². The van der Waals surface area contributed by atoms with Gasteiger partial charge in [-0.15, -0.1) is 0 Å². The maximum absolute atomic E-state index is 13.0. The average molecular weight is 433 g/mol. The van der Waals surface area contributed by atoms with Gasteiger partial charge >= 0.3 is 0 Å². The monoisotopic (exact) mass is 432 g/mol. The number of aryl methyl sites for hydroxylation is 1. The Morgan fingerprint density at radius 3 is 2.41 bits per heavy atom. The van der Waals surface area contributed by atoms with E-state index in [1.54, 1.807) is 43.3 Å². The first-order valence-electron chi connectivity index (χ1n) is 8.67. The van der Waals surface area contributed by atoms with Crippen LogP contribution in [-0.2, 0) is 16.6 Å². The fourth-order valence-electron chi connectivity index (χ4n) is 2.62. The van der Waals surface area contributed by atoms with Gasteiger partial charge in [0.2, 0.25) is 0 Å². The smallest absolute Gasteiger partial charge is 0.263 e. The number of anilines is 1. The molecular weight excluding hydrogens is 415 g/mol. The van der Waals surface area contributed by atoms with E-state index in [0.717, 1.165) is 5.56 Å². The van der Waals surface area contributed by atoms with Crippen LogP contribution in [0.15, 0.2) is 71.6 Å². The minimum atomic E-state index is -4.00. The number of amides is 1. The third-order valence-electron chi connectivity index (χ3n) is 4.24. The van der Waals surface area contributed by atoms with Gasteiger partial charge in [0.15, 0.2) is 0 Å². The summed E-state index contributed by atoms with van der Waals surface area (Å²) >= 11 is 6.09. The van der Waals surface area contributed by atoms with Gasteiger partial charge in [-0.2, -0.15) is 0 Å². The molecule has 29 heavy (non-hydrogen) atoms. The van der Waals surface area contributed by atoms with Crippen molar-refractivity contribution in [1.82, 2.24) is 5.32 Å². The Balaban J connectivity index is 1.80. The second-order valence-electron chi connectivity index (χ2n) is 6.37. The maximum atomic E-state index is 13.0. The fraction of sp³-hybridized carbons (Fsp3) is 0.0952. The number of rotatable bonds is 6. The highest BCUT2D eigenvalue weighted by Gasteiger charge is 2.21. The summed E-state index contributed by atoms with van der Waals surface area (Å²) in [7, 11) is -4.00. The molecule has 0 fully saturated rings. The predicted molar refractivity (Wildman–Crippen MR) is 111 cm³/mol. The first kappa shape index (κ1) is 20.8. The fourth-order valence-corrected chi connectivity index (χ4v) is 4.28. The molecule has 0 aromatic heterocycles. The highest BCUT2D eigenvalue weighted by atomic mass is 35.5. The number of carbonyl (C=O) groups excluding carboxylic acids is 1. The van der Waals surface area contributed by atoms with Crippen molar-refractivity contribution in [1.29, 1.82) is 0 Å². The summed E-state index contributed by atoms with van der Waals surface area (Å²) < 4.78 is 41.1. The van der Waals surface area contributed by atoms with E-state index in [2.05, 4.69) is 10.0 Å². The number of sulfonamides is 1. The molecule has 3 rings (SSSR count). The third-order valence-corrected chi connectivity index (χ3v) is 6.09. The van der Waals surface area contributed by atoms with Gasteiger partial charge in [0.05, 0.1) is 10.7 Å². The van der Waals surface area contributed by atoms with Gasteiger partial charge in [0, 0.05) is 12.1 Å². The average Bonchev–Trinajstić information content (AvgIpc) is 2.69.